The van der Waals surface area contributed by atoms with Crippen molar-refractivity contribution in [3.63, 3.8) is 0 Å². The van der Waals surface area contributed by atoms with Gasteiger partial charge in [0.1, 0.15) is 0 Å². The quantitative estimate of drug-likeness (QED) is 0.179. The summed E-state index contributed by atoms with van der Waals surface area (Å²) in [5, 5.41) is 4.69. The van der Waals surface area contributed by atoms with Crippen LogP contribution in [0.15, 0.2) is 150 Å². The van der Waals surface area contributed by atoms with Gasteiger partial charge in [0, 0.05) is 42.7 Å². The Hall–Kier alpha value is -6.17. The normalized spacial score (nSPS) is 14.0. The Balaban J connectivity index is 1.16. The van der Waals surface area contributed by atoms with Gasteiger partial charge in [-0.15, -0.1) is 0 Å². The molecular weight excluding hydrogens is 736 g/mol. The van der Waals surface area contributed by atoms with E-state index in [2.05, 4.69) is 150 Å². The number of aryl methyl sites for hydroxylation is 1. The summed E-state index contributed by atoms with van der Waals surface area (Å²) in [6, 6.07) is 49.8. The molecule has 262 valence electrons. The molecule has 11 rings (SSSR count). The third-order valence-electron chi connectivity index (χ3n) is 11.7. The lowest BCUT2D eigenvalue weighted by Crippen LogP contribution is -2.18. The first kappa shape index (κ1) is 32.3. The van der Waals surface area contributed by atoms with Crippen molar-refractivity contribution < 1.29 is 0 Å². The summed E-state index contributed by atoms with van der Waals surface area (Å²) in [6.07, 6.45) is 6.92. The molecule has 0 amide bonds. The first-order chi connectivity index (χ1) is 26.9. The summed E-state index contributed by atoms with van der Waals surface area (Å²) in [5.41, 5.74) is 14.6. The first-order valence-corrected chi connectivity index (χ1v) is 19.7. The highest BCUT2D eigenvalue weighted by Gasteiger charge is 2.39. The molecule has 9 aromatic rings. The Labute approximate surface area is 328 Å². The van der Waals surface area contributed by atoms with Gasteiger partial charge in [-0.3, -0.25) is 0 Å². The molecule has 0 saturated heterocycles. The molecule has 0 bridgehead atoms. The number of halogens is 1. The smallest absolute Gasteiger partial charge is 0.164 e. The van der Waals surface area contributed by atoms with Crippen LogP contribution in [0.1, 0.15) is 42.5 Å². The predicted molar refractivity (Wildman–Crippen MR) is 231 cm³/mol. The summed E-state index contributed by atoms with van der Waals surface area (Å²) in [7, 11) is 0. The highest BCUT2D eigenvalue weighted by Crippen LogP contribution is 2.54. The zero-order valence-corrected chi connectivity index (χ0v) is 32.1. The lowest BCUT2D eigenvalue weighted by atomic mass is 9.77. The molecule has 4 nitrogen and oxygen atoms in total. The first-order valence-electron chi connectivity index (χ1n) is 18.9. The van der Waals surface area contributed by atoms with Crippen LogP contribution in [-0.4, -0.2) is 19.5 Å². The van der Waals surface area contributed by atoms with Crippen LogP contribution in [0.2, 0.25) is 0 Å². The molecule has 0 aliphatic heterocycles. The van der Waals surface area contributed by atoms with E-state index in [0.29, 0.717) is 17.5 Å². The van der Waals surface area contributed by atoms with E-state index < -0.39 is 0 Å². The standard InChI is InChI=1S/C50H35BrN4/c1-50(2)42-29-45-41(28-39(42)37-23-21-30-13-9-10-18-34(30)46(37)50)40-27-33(51)22-25-44(40)55(45)43-26-24-38(35-19-11-12-20-36(35)43)49-53-47(31-14-5-3-6-15-31)52-48(54-49)32-16-7-4-8-17-32/h3-8,10-12,14-29H,9,13H2,1-2H3. The second kappa shape index (κ2) is 12.2. The molecule has 0 spiro atoms. The van der Waals surface area contributed by atoms with Crippen molar-refractivity contribution in [2.45, 2.75) is 32.1 Å². The van der Waals surface area contributed by atoms with Gasteiger partial charge in [-0.2, -0.15) is 0 Å². The Morgan fingerprint density at radius 3 is 1.96 bits per heavy atom. The van der Waals surface area contributed by atoms with Crippen molar-refractivity contribution in [3.8, 4) is 51.0 Å². The average Bonchev–Trinajstić information content (AvgIpc) is 3.66. The Morgan fingerprint density at radius 1 is 0.564 bits per heavy atom. The fourth-order valence-corrected chi connectivity index (χ4v) is 9.54. The monoisotopic (exact) mass is 770 g/mol. The number of allylic oxidation sites excluding steroid dienone is 1. The molecule has 0 radical (unpaired) electrons. The van der Waals surface area contributed by atoms with Crippen LogP contribution >= 0.6 is 15.9 Å². The van der Waals surface area contributed by atoms with Gasteiger partial charge in [0.2, 0.25) is 0 Å². The number of rotatable bonds is 4. The number of hydrogen-bond donors (Lipinski definition) is 0. The Kier molecular flexibility index (Phi) is 7.14. The van der Waals surface area contributed by atoms with Crippen molar-refractivity contribution in [1.29, 1.82) is 0 Å². The van der Waals surface area contributed by atoms with Gasteiger partial charge in [0.25, 0.3) is 0 Å². The lowest BCUT2D eigenvalue weighted by molar-refractivity contribution is 0.657. The number of benzene rings is 7. The van der Waals surface area contributed by atoms with E-state index in [9.17, 15) is 0 Å². The molecule has 55 heavy (non-hydrogen) atoms. The minimum atomic E-state index is -0.148. The van der Waals surface area contributed by atoms with E-state index in [1.54, 1.807) is 0 Å². The molecule has 7 aromatic carbocycles. The van der Waals surface area contributed by atoms with Gasteiger partial charge in [0.05, 0.1) is 16.7 Å². The van der Waals surface area contributed by atoms with Gasteiger partial charge in [-0.05, 0) is 94.1 Å². The summed E-state index contributed by atoms with van der Waals surface area (Å²) in [5.74, 6) is 1.95. The van der Waals surface area contributed by atoms with Gasteiger partial charge >= 0.3 is 0 Å². The molecule has 0 atom stereocenters. The van der Waals surface area contributed by atoms with Crippen LogP contribution in [0.25, 0.3) is 89.6 Å². The molecule has 2 aliphatic rings. The van der Waals surface area contributed by atoms with Gasteiger partial charge < -0.3 is 4.57 Å². The molecular formula is C50H35BrN4. The summed E-state index contributed by atoms with van der Waals surface area (Å²) >= 11 is 3.82. The van der Waals surface area contributed by atoms with E-state index in [-0.39, 0.29) is 5.41 Å². The fraction of sp³-hybridized carbons (Fsp3) is 0.100. The second-order valence-electron chi connectivity index (χ2n) is 15.3. The molecule has 0 N–H and O–H groups in total. The zero-order valence-electron chi connectivity index (χ0n) is 30.5. The lowest BCUT2D eigenvalue weighted by Gasteiger charge is -2.26. The maximum Gasteiger partial charge on any atom is 0.164 e. The highest BCUT2D eigenvalue weighted by atomic mass is 79.9. The average molecular weight is 772 g/mol. The van der Waals surface area contributed by atoms with Crippen molar-refractivity contribution >= 4 is 54.6 Å². The maximum absolute atomic E-state index is 5.12. The van der Waals surface area contributed by atoms with E-state index in [0.717, 1.165) is 50.5 Å². The highest BCUT2D eigenvalue weighted by molar-refractivity contribution is 9.10. The van der Waals surface area contributed by atoms with Crippen molar-refractivity contribution in [3.05, 3.63) is 172 Å². The van der Waals surface area contributed by atoms with Gasteiger partial charge in [0.15, 0.2) is 17.5 Å². The van der Waals surface area contributed by atoms with Crippen LogP contribution in [0, 0.1) is 0 Å². The van der Waals surface area contributed by atoms with Crippen LogP contribution in [0.5, 0.6) is 0 Å². The van der Waals surface area contributed by atoms with Gasteiger partial charge in [-0.25, -0.2) is 15.0 Å². The molecule has 5 heteroatoms. The molecule has 0 fully saturated rings. The molecule has 2 aromatic heterocycles. The van der Waals surface area contributed by atoms with Crippen LogP contribution in [0.4, 0.5) is 0 Å². The number of aromatic nitrogens is 4. The van der Waals surface area contributed by atoms with Crippen LogP contribution < -0.4 is 0 Å². The maximum atomic E-state index is 5.12. The van der Waals surface area contributed by atoms with Crippen LogP contribution in [-0.2, 0) is 11.8 Å². The molecule has 2 heterocycles. The third kappa shape index (κ3) is 4.92. The molecule has 0 saturated carbocycles. The zero-order chi connectivity index (χ0) is 36.8. The Bertz CT molecular complexity index is 3010. The van der Waals surface area contributed by atoms with Crippen LogP contribution in [0.3, 0.4) is 0 Å². The number of hydrogen-bond acceptors (Lipinski definition) is 3. The summed E-state index contributed by atoms with van der Waals surface area (Å²) in [4.78, 5) is 15.2. The minimum Gasteiger partial charge on any atom is -0.309 e. The summed E-state index contributed by atoms with van der Waals surface area (Å²) < 4.78 is 3.54. The van der Waals surface area contributed by atoms with E-state index >= 15 is 0 Å². The summed E-state index contributed by atoms with van der Waals surface area (Å²) in [6.45, 7) is 4.81. The topological polar surface area (TPSA) is 43.6 Å². The number of fused-ring (bicyclic) bond motifs is 9. The van der Waals surface area contributed by atoms with Crippen molar-refractivity contribution in [2.24, 2.45) is 0 Å². The Morgan fingerprint density at radius 2 is 1.22 bits per heavy atom. The fourth-order valence-electron chi connectivity index (χ4n) is 9.18. The minimum absolute atomic E-state index is 0.148. The largest absolute Gasteiger partial charge is 0.309 e. The SMILES string of the molecule is CC1(C)c2cc3c(cc2-c2ccc4c(c21)C=CCC4)c1cc(Br)ccc1n3-c1ccc(-c2nc(-c3ccccc3)nc(-c3ccccc3)n2)c2ccccc12. The number of nitrogens with zero attached hydrogens (tertiary/aromatic N) is 4. The second-order valence-corrected chi connectivity index (χ2v) is 16.2. The predicted octanol–water partition coefficient (Wildman–Crippen LogP) is 13.2. The van der Waals surface area contributed by atoms with E-state index in [1.165, 1.54) is 55.2 Å². The molecule has 0 unspecified atom stereocenters. The molecule has 2 aliphatic carbocycles. The van der Waals surface area contributed by atoms with E-state index in [1.807, 2.05) is 36.4 Å². The third-order valence-corrected chi connectivity index (χ3v) is 12.2. The van der Waals surface area contributed by atoms with Crippen molar-refractivity contribution in [2.75, 3.05) is 0 Å². The van der Waals surface area contributed by atoms with E-state index in [4.69, 9.17) is 15.0 Å². The van der Waals surface area contributed by atoms with Gasteiger partial charge in [-0.1, -0.05) is 139 Å². The van der Waals surface area contributed by atoms with Crippen molar-refractivity contribution in [1.82, 2.24) is 19.5 Å².